The summed E-state index contributed by atoms with van der Waals surface area (Å²) < 4.78 is 0. The highest BCUT2D eigenvalue weighted by atomic mass is 16.3. The van der Waals surface area contributed by atoms with Crippen LogP contribution in [0.4, 0.5) is 0 Å². The van der Waals surface area contributed by atoms with Crippen molar-refractivity contribution in [1.82, 2.24) is 0 Å². The summed E-state index contributed by atoms with van der Waals surface area (Å²) in [5.41, 5.74) is -0.303. The molecule has 2 rings (SSSR count). The van der Waals surface area contributed by atoms with E-state index in [0.29, 0.717) is 17.8 Å². The Morgan fingerprint density at radius 2 is 1.60 bits per heavy atom. The van der Waals surface area contributed by atoms with Crippen LogP contribution in [0.3, 0.4) is 0 Å². The van der Waals surface area contributed by atoms with Crippen LogP contribution in [0, 0.1) is 17.8 Å². The van der Waals surface area contributed by atoms with Gasteiger partial charge in [-0.2, -0.15) is 0 Å². The molecule has 2 saturated carbocycles. The molecule has 0 heterocycles. The smallest absolute Gasteiger partial charge is 0.0706 e. The Labute approximate surface area is 94.3 Å². The van der Waals surface area contributed by atoms with Crippen LogP contribution in [0.5, 0.6) is 0 Å². The first-order valence-electron chi connectivity index (χ1n) is 6.87. The summed E-state index contributed by atoms with van der Waals surface area (Å²) in [6, 6.07) is 0. The molecule has 0 bridgehead atoms. The van der Waals surface area contributed by atoms with Crippen LogP contribution >= 0.6 is 0 Å². The Bertz CT molecular complexity index is 205. The molecule has 1 N–H and O–H groups in total. The summed E-state index contributed by atoms with van der Waals surface area (Å²) in [4.78, 5) is 0. The van der Waals surface area contributed by atoms with Crippen molar-refractivity contribution in [3.63, 3.8) is 0 Å². The van der Waals surface area contributed by atoms with Crippen molar-refractivity contribution >= 4 is 0 Å². The number of hydrogen-bond acceptors (Lipinski definition) is 1. The SMILES string of the molecule is CC(C)C1CCCCC1(O)C1CCCC1. The average molecular weight is 210 g/mol. The van der Waals surface area contributed by atoms with Gasteiger partial charge in [-0.15, -0.1) is 0 Å². The number of aliphatic hydroxyl groups is 1. The molecule has 1 nitrogen and oxygen atoms in total. The molecular weight excluding hydrogens is 184 g/mol. The monoisotopic (exact) mass is 210 g/mol. The maximum absolute atomic E-state index is 11.0. The van der Waals surface area contributed by atoms with Crippen molar-refractivity contribution in [2.45, 2.75) is 70.8 Å². The molecule has 0 aromatic carbocycles. The number of rotatable bonds is 2. The van der Waals surface area contributed by atoms with E-state index < -0.39 is 0 Å². The minimum absolute atomic E-state index is 0.303. The average Bonchev–Trinajstić information content (AvgIpc) is 2.71. The van der Waals surface area contributed by atoms with Crippen LogP contribution in [-0.2, 0) is 0 Å². The van der Waals surface area contributed by atoms with Gasteiger partial charge in [0.05, 0.1) is 5.60 Å². The summed E-state index contributed by atoms with van der Waals surface area (Å²) in [5, 5.41) is 11.0. The molecule has 2 aliphatic rings. The molecule has 0 spiro atoms. The lowest BCUT2D eigenvalue weighted by Gasteiger charge is -2.46. The van der Waals surface area contributed by atoms with Crippen LogP contribution in [-0.4, -0.2) is 10.7 Å². The molecular formula is C14H26O. The lowest BCUT2D eigenvalue weighted by Crippen LogP contribution is -2.48. The lowest BCUT2D eigenvalue weighted by molar-refractivity contribution is -0.108. The zero-order valence-electron chi connectivity index (χ0n) is 10.3. The second kappa shape index (κ2) is 4.45. The molecule has 2 atom stereocenters. The van der Waals surface area contributed by atoms with Gasteiger partial charge in [0.15, 0.2) is 0 Å². The highest BCUT2D eigenvalue weighted by Gasteiger charge is 2.46. The number of hydrogen-bond donors (Lipinski definition) is 1. The minimum Gasteiger partial charge on any atom is -0.389 e. The van der Waals surface area contributed by atoms with Gasteiger partial charge in [0.1, 0.15) is 0 Å². The molecule has 15 heavy (non-hydrogen) atoms. The summed E-state index contributed by atoms with van der Waals surface area (Å²) in [6.07, 6.45) is 10.1. The lowest BCUT2D eigenvalue weighted by atomic mass is 9.64. The van der Waals surface area contributed by atoms with E-state index in [1.54, 1.807) is 0 Å². The van der Waals surface area contributed by atoms with Gasteiger partial charge in [0.2, 0.25) is 0 Å². The van der Waals surface area contributed by atoms with E-state index in [1.165, 1.54) is 44.9 Å². The predicted octanol–water partition coefficient (Wildman–Crippen LogP) is 3.75. The zero-order chi connectivity index (χ0) is 10.9. The van der Waals surface area contributed by atoms with Crippen LogP contribution < -0.4 is 0 Å². The molecule has 0 aromatic rings. The highest BCUT2D eigenvalue weighted by Crippen LogP contribution is 2.48. The van der Waals surface area contributed by atoms with Gasteiger partial charge in [-0.1, -0.05) is 39.5 Å². The van der Waals surface area contributed by atoms with Crippen molar-refractivity contribution < 1.29 is 5.11 Å². The van der Waals surface area contributed by atoms with Crippen molar-refractivity contribution in [2.24, 2.45) is 17.8 Å². The largest absolute Gasteiger partial charge is 0.389 e. The third-order valence-corrected chi connectivity index (χ3v) is 4.85. The van der Waals surface area contributed by atoms with Gasteiger partial charge in [-0.25, -0.2) is 0 Å². The van der Waals surface area contributed by atoms with Crippen LogP contribution in [0.25, 0.3) is 0 Å². The third kappa shape index (κ3) is 2.08. The van der Waals surface area contributed by atoms with Gasteiger partial charge in [-0.3, -0.25) is 0 Å². The molecule has 0 amide bonds. The van der Waals surface area contributed by atoms with Gasteiger partial charge in [0, 0.05) is 0 Å². The molecule has 1 heteroatoms. The minimum atomic E-state index is -0.303. The molecule has 2 unspecified atom stereocenters. The maximum atomic E-state index is 11.0. The van der Waals surface area contributed by atoms with E-state index in [9.17, 15) is 5.11 Å². The van der Waals surface area contributed by atoms with E-state index in [2.05, 4.69) is 13.8 Å². The van der Waals surface area contributed by atoms with Gasteiger partial charge < -0.3 is 5.11 Å². The molecule has 2 aliphatic carbocycles. The molecule has 0 radical (unpaired) electrons. The fourth-order valence-electron chi connectivity index (χ4n) is 4.05. The first-order valence-corrected chi connectivity index (χ1v) is 6.87. The van der Waals surface area contributed by atoms with E-state index in [1.807, 2.05) is 0 Å². The summed E-state index contributed by atoms with van der Waals surface area (Å²) in [5.74, 6) is 1.83. The third-order valence-electron chi connectivity index (χ3n) is 4.85. The van der Waals surface area contributed by atoms with E-state index in [-0.39, 0.29) is 5.60 Å². The normalized spacial score (nSPS) is 38.8. The van der Waals surface area contributed by atoms with Gasteiger partial charge in [-0.05, 0) is 43.4 Å². The Kier molecular flexibility index (Phi) is 3.39. The Balaban J connectivity index is 2.13. The molecule has 2 fully saturated rings. The van der Waals surface area contributed by atoms with Crippen LogP contribution in [0.1, 0.15) is 65.2 Å². The van der Waals surface area contributed by atoms with Crippen molar-refractivity contribution in [3.8, 4) is 0 Å². The topological polar surface area (TPSA) is 20.2 Å². The van der Waals surface area contributed by atoms with Gasteiger partial charge in [0.25, 0.3) is 0 Å². The van der Waals surface area contributed by atoms with Crippen molar-refractivity contribution in [1.29, 1.82) is 0 Å². The van der Waals surface area contributed by atoms with E-state index in [4.69, 9.17) is 0 Å². The second-order valence-electron chi connectivity index (χ2n) is 6.07. The first kappa shape index (κ1) is 11.4. The summed E-state index contributed by atoms with van der Waals surface area (Å²) >= 11 is 0. The van der Waals surface area contributed by atoms with Crippen molar-refractivity contribution in [3.05, 3.63) is 0 Å². The van der Waals surface area contributed by atoms with Crippen LogP contribution in [0.2, 0.25) is 0 Å². The van der Waals surface area contributed by atoms with Crippen LogP contribution in [0.15, 0.2) is 0 Å². The van der Waals surface area contributed by atoms with Gasteiger partial charge >= 0.3 is 0 Å². The maximum Gasteiger partial charge on any atom is 0.0706 e. The quantitative estimate of drug-likeness (QED) is 0.736. The standard InChI is InChI=1S/C14H26O/c1-11(2)13-9-5-6-10-14(13,15)12-7-3-4-8-12/h11-13,15H,3-10H2,1-2H3. The molecule has 0 saturated heterocycles. The molecule has 88 valence electrons. The Morgan fingerprint density at radius 3 is 2.20 bits per heavy atom. The predicted molar refractivity (Wildman–Crippen MR) is 63.7 cm³/mol. The molecule has 0 aliphatic heterocycles. The Hall–Kier alpha value is -0.0400. The summed E-state index contributed by atoms with van der Waals surface area (Å²) in [6.45, 7) is 4.58. The zero-order valence-corrected chi connectivity index (χ0v) is 10.3. The fourth-order valence-corrected chi connectivity index (χ4v) is 4.05. The van der Waals surface area contributed by atoms with Crippen molar-refractivity contribution in [2.75, 3.05) is 0 Å². The summed E-state index contributed by atoms with van der Waals surface area (Å²) in [7, 11) is 0. The fraction of sp³-hybridized carbons (Fsp3) is 1.00. The Morgan fingerprint density at radius 1 is 1.00 bits per heavy atom. The van der Waals surface area contributed by atoms with E-state index >= 15 is 0 Å². The molecule has 0 aromatic heterocycles. The van der Waals surface area contributed by atoms with E-state index in [0.717, 1.165) is 6.42 Å². The highest BCUT2D eigenvalue weighted by molar-refractivity contribution is 4.97. The first-order chi connectivity index (χ1) is 7.14. The second-order valence-corrected chi connectivity index (χ2v) is 6.07.